The number of carbonyl (C=O) groups excluding carboxylic acids is 2. The van der Waals surface area contributed by atoms with Gasteiger partial charge in [-0.25, -0.2) is 0 Å². The zero-order chi connectivity index (χ0) is 19.9. The van der Waals surface area contributed by atoms with Crippen LogP contribution >= 0.6 is 0 Å². The molecule has 3 rings (SSSR count). The molecule has 0 atom stereocenters. The highest BCUT2D eigenvalue weighted by Crippen LogP contribution is 2.24. The summed E-state index contributed by atoms with van der Waals surface area (Å²) in [4.78, 5) is 35.6. The van der Waals surface area contributed by atoms with Gasteiger partial charge >= 0.3 is 5.97 Å². The number of nitro benzene ring substituents is 1. The minimum atomic E-state index is -0.449. The third kappa shape index (κ3) is 5.06. The smallest absolute Gasteiger partial charge is 0.311 e. The number of nitro groups is 1. The summed E-state index contributed by atoms with van der Waals surface area (Å²) in [5, 5.41) is 13.7. The molecule has 8 nitrogen and oxygen atoms in total. The first kappa shape index (κ1) is 19.3. The largest absolute Gasteiger partial charge is 0.427 e. The van der Waals surface area contributed by atoms with Gasteiger partial charge in [-0.3, -0.25) is 19.7 Å². The van der Waals surface area contributed by atoms with E-state index in [-0.39, 0.29) is 24.0 Å². The Balaban J connectivity index is 1.39. The molecular weight excluding hydrogens is 362 g/mol. The quantitative estimate of drug-likeness (QED) is 0.246. The van der Waals surface area contributed by atoms with Gasteiger partial charge in [0.15, 0.2) is 0 Å². The molecule has 1 saturated heterocycles. The van der Waals surface area contributed by atoms with Gasteiger partial charge in [0.1, 0.15) is 5.75 Å². The lowest BCUT2D eigenvalue weighted by molar-refractivity contribution is -0.384. The summed E-state index contributed by atoms with van der Waals surface area (Å²) in [5.74, 6) is 0.226. The second-order valence-electron chi connectivity index (χ2n) is 6.45. The molecule has 28 heavy (non-hydrogen) atoms. The van der Waals surface area contributed by atoms with Gasteiger partial charge in [0.2, 0.25) is 5.91 Å². The number of nitrogens with one attached hydrogen (secondary N) is 1. The summed E-state index contributed by atoms with van der Waals surface area (Å²) in [7, 11) is 0. The van der Waals surface area contributed by atoms with Crippen molar-refractivity contribution in [3.05, 3.63) is 58.6 Å². The maximum Gasteiger partial charge on any atom is 0.311 e. The molecule has 1 aliphatic heterocycles. The molecule has 2 aromatic carbocycles. The highest BCUT2D eigenvalue weighted by molar-refractivity contribution is 5.95. The second kappa shape index (κ2) is 8.98. The number of non-ortho nitro benzene ring substituents is 1. The Kier molecular flexibility index (Phi) is 6.21. The molecule has 1 heterocycles. The Hall–Kier alpha value is -3.42. The van der Waals surface area contributed by atoms with E-state index in [1.54, 1.807) is 41.3 Å². The molecular formula is C20H21N3O5. The summed E-state index contributed by atoms with van der Waals surface area (Å²) in [5.41, 5.74) is 1.61. The van der Waals surface area contributed by atoms with E-state index in [4.69, 9.17) is 4.74 Å². The van der Waals surface area contributed by atoms with E-state index < -0.39 is 4.92 Å². The van der Waals surface area contributed by atoms with Gasteiger partial charge in [-0.2, -0.15) is 0 Å². The molecule has 0 unspecified atom stereocenters. The number of hydrogen-bond acceptors (Lipinski definition) is 6. The van der Waals surface area contributed by atoms with Crippen molar-refractivity contribution in [1.29, 1.82) is 0 Å². The van der Waals surface area contributed by atoms with E-state index >= 15 is 0 Å². The van der Waals surface area contributed by atoms with E-state index in [0.29, 0.717) is 25.1 Å². The molecule has 2 aromatic rings. The fourth-order valence-electron chi connectivity index (χ4n) is 2.96. The molecule has 0 aromatic heterocycles. The number of hydrogen-bond donors (Lipinski definition) is 1. The summed E-state index contributed by atoms with van der Waals surface area (Å²) in [6.07, 6.45) is 2.25. The van der Waals surface area contributed by atoms with Crippen molar-refractivity contribution >= 4 is 28.9 Å². The number of ether oxygens (including phenoxy) is 1. The number of rotatable bonds is 8. The normalized spacial score (nSPS) is 13.4. The minimum absolute atomic E-state index is 0.0363. The summed E-state index contributed by atoms with van der Waals surface area (Å²) in [6, 6.07) is 13.0. The minimum Gasteiger partial charge on any atom is -0.427 e. The highest BCUT2D eigenvalue weighted by atomic mass is 16.6. The van der Waals surface area contributed by atoms with Crippen LogP contribution in [-0.2, 0) is 9.59 Å². The fraction of sp³-hybridized carbons (Fsp3) is 0.300. The van der Waals surface area contributed by atoms with Crippen molar-refractivity contribution in [3.8, 4) is 5.75 Å². The zero-order valence-corrected chi connectivity index (χ0v) is 15.3. The van der Waals surface area contributed by atoms with Crippen LogP contribution in [0.5, 0.6) is 5.75 Å². The fourth-order valence-corrected chi connectivity index (χ4v) is 2.96. The predicted molar refractivity (Wildman–Crippen MR) is 104 cm³/mol. The molecule has 0 bridgehead atoms. The first-order valence-corrected chi connectivity index (χ1v) is 9.12. The monoisotopic (exact) mass is 383 g/mol. The molecule has 0 saturated carbocycles. The lowest BCUT2D eigenvalue weighted by Gasteiger charge is -2.15. The van der Waals surface area contributed by atoms with Crippen LogP contribution in [0.1, 0.15) is 25.7 Å². The highest BCUT2D eigenvalue weighted by Gasteiger charge is 2.21. The van der Waals surface area contributed by atoms with Gasteiger partial charge in [0, 0.05) is 49.4 Å². The van der Waals surface area contributed by atoms with Crippen molar-refractivity contribution in [2.75, 3.05) is 23.3 Å². The topological polar surface area (TPSA) is 102 Å². The van der Waals surface area contributed by atoms with Crippen LogP contribution < -0.4 is 15.0 Å². The standard InChI is InChI=1S/C20H21N3O5/c24-19-3-2-14-22(19)16-9-11-18(12-10-16)28-20(25)4-1-13-21-15-5-7-17(8-6-15)23(26)27/h5-12,21H,1-4,13-14H2. The van der Waals surface area contributed by atoms with Crippen molar-refractivity contribution < 1.29 is 19.2 Å². The Morgan fingerprint density at radius 2 is 1.86 bits per heavy atom. The molecule has 8 heteroatoms. The second-order valence-corrected chi connectivity index (χ2v) is 6.45. The number of amides is 1. The van der Waals surface area contributed by atoms with E-state index in [1.165, 1.54) is 12.1 Å². The van der Waals surface area contributed by atoms with Crippen LogP contribution in [0.3, 0.4) is 0 Å². The van der Waals surface area contributed by atoms with Gasteiger partial charge < -0.3 is 15.0 Å². The van der Waals surface area contributed by atoms with E-state index in [9.17, 15) is 19.7 Å². The molecule has 0 spiro atoms. The van der Waals surface area contributed by atoms with Gasteiger partial charge in [0.05, 0.1) is 4.92 Å². The molecule has 1 amide bonds. The zero-order valence-electron chi connectivity index (χ0n) is 15.3. The average molecular weight is 383 g/mol. The Morgan fingerprint density at radius 1 is 1.14 bits per heavy atom. The van der Waals surface area contributed by atoms with Crippen LogP contribution in [0.15, 0.2) is 48.5 Å². The molecule has 1 N–H and O–H groups in total. The molecule has 1 aliphatic rings. The molecule has 1 fully saturated rings. The molecule has 0 radical (unpaired) electrons. The van der Waals surface area contributed by atoms with E-state index in [0.717, 1.165) is 24.3 Å². The molecule has 146 valence electrons. The van der Waals surface area contributed by atoms with Gasteiger partial charge in [-0.05, 0) is 49.2 Å². The first-order valence-electron chi connectivity index (χ1n) is 9.12. The Morgan fingerprint density at radius 3 is 2.46 bits per heavy atom. The Labute approximate surface area is 162 Å². The van der Waals surface area contributed by atoms with Crippen molar-refractivity contribution in [1.82, 2.24) is 0 Å². The van der Waals surface area contributed by atoms with Crippen molar-refractivity contribution in [2.24, 2.45) is 0 Å². The maximum absolute atomic E-state index is 11.9. The number of anilines is 2. The van der Waals surface area contributed by atoms with Gasteiger partial charge in [0.25, 0.3) is 5.69 Å². The van der Waals surface area contributed by atoms with Crippen LogP contribution in [0.2, 0.25) is 0 Å². The van der Waals surface area contributed by atoms with Crippen LogP contribution in [-0.4, -0.2) is 29.9 Å². The van der Waals surface area contributed by atoms with Crippen LogP contribution in [0, 0.1) is 10.1 Å². The molecule has 0 aliphatic carbocycles. The number of esters is 1. The van der Waals surface area contributed by atoms with E-state index in [2.05, 4.69) is 5.32 Å². The maximum atomic E-state index is 11.9. The van der Waals surface area contributed by atoms with Crippen LogP contribution in [0.4, 0.5) is 17.1 Å². The number of carbonyl (C=O) groups is 2. The first-order chi connectivity index (χ1) is 13.5. The van der Waals surface area contributed by atoms with Gasteiger partial charge in [-0.1, -0.05) is 0 Å². The Bertz CT molecular complexity index is 849. The number of nitrogens with zero attached hydrogens (tertiary/aromatic N) is 2. The lowest BCUT2D eigenvalue weighted by atomic mass is 10.2. The third-order valence-corrected chi connectivity index (χ3v) is 4.42. The van der Waals surface area contributed by atoms with Crippen molar-refractivity contribution in [3.63, 3.8) is 0 Å². The average Bonchev–Trinajstić information content (AvgIpc) is 3.12. The number of benzene rings is 2. The SMILES string of the molecule is O=C(CCCNc1ccc([N+](=O)[O-])cc1)Oc1ccc(N2CCCC2=O)cc1. The van der Waals surface area contributed by atoms with Crippen LogP contribution in [0.25, 0.3) is 0 Å². The summed E-state index contributed by atoms with van der Waals surface area (Å²) < 4.78 is 5.31. The van der Waals surface area contributed by atoms with Crippen molar-refractivity contribution in [2.45, 2.75) is 25.7 Å². The summed E-state index contributed by atoms with van der Waals surface area (Å²) >= 11 is 0. The van der Waals surface area contributed by atoms with E-state index in [1.807, 2.05) is 0 Å². The predicted octanol–water partition coefficient (Wildman–Crippen LogP) is 3.52. The lowest BCUT2D eigenvalue weighted by Crippen LogP contribution is -2.23. The summed E-state index contributed by atoms with van der Waals surface area (Å²) in [6.45, 7) is 1.27. The third-order valence-electron chi connectivity index (χ3n) is 4.42. The van der Waals surface area contributed by atoms with Gasteiger partial charge in [-0.15, -0.1) is 0 Å².